The molecule has 0 spiro atoms. The number of benzene rings is 2. The van der Waals surface area contributed by atoms with E-state index >= 15 is 0 Å². The average molecular weight is 326 g/mol. The molecule has 2 rings (SSSR count). The van der Waals surface area contributed by atoms with Crippen molar-refractivity contribution < 1.29 is 13.9 Å². The standard InChI is InChI=1S/C14H13BrFNO2/c15-13-8-10(16)4-5-14(13)19-7-6-18-12-3-1-2-11(17)9-12/h1-5,8-9H,6-7,17H2. The maximum absolute atomic E-state index is 12.9. The summed E-state index contributed by atoms with van der Waals surface area (Å²) in [6, 6.07) is 11.5. The number of anilines is 1. The first-order valence-corrected chi connectivity index (χ1v) is 6.50. The van der Waals surface area contributed by atoms with Crippen molar-refractivity contribution in [1.29, 1.82) is 0 Å². The Morgan fingerprint density at radius 2 is 1.84 bits per heavy atom. The van der Waals surface area contributed by atoms with Gasteiger partial charge < -0.3 is 15.2 Å². The van der Waals surface area contributed by atoms with E-state index < -0.39 is 0 Å². The quantitative estimate of drug-likeness (QED) is 0.674. The SMILES string of the molecule is Nc1cccc(OCCOc2ccc(F)cc2Br)c1. The molecule has 100 valence electrons. The van der Waals surface area contributed by atoms with E-state index in [9.17, 15) is 4.39 Å². The number of rotatable bonds is 5. The first-order chi connectivity index (χ1) is 9.15. The lowest BCUT2D eigenvalue weighted by atomic mass is 10.3. The number of nitrogens with two attached hydrogens (primary N) is 1. The highest BCUT2D eigenvalue weighted by Gasteiger charge is 2.02. The Hall–Kier alpha value is -1.75. The van der Waals surface area contributed by atoms with Crippen LogP contribution in [0.15, 0.2) is 46.9 Å². The molecule has 2 aromatic rings. The monoisotopic (exact) mass is 325 g/mol. The molecule has 0 aliphatic rings. The molecule has 0 aliphatic heterocycles. The van der Waals surface area contributed by atoms with Gasteiger partial charge in [0.25, 0.3) is 0 Å². The van der Waals surface area contributed by atoms with Gasteiger partial charge in [0.15, 0.2) is 0 Å². The third-order valence-electron chi connectivity index (χ3n) is 2.36. The fourth-order valence-electron chi connectivity index (χ4n) is 1.51. The molecule has 0 fully saturated rings. The summed E-state index contributed by atoms with van der Waals surface area (Å²) in [5, 5.41) is 0. The maximum atomic E-state index is 12.9. The lowest BCUT2D eigenvalue weighted by Crippen LogP contribution is -2.09. The zero-order valence-electron chi connectivity index (χ0n) is 10.1. The van der Waals surface area contributed by atoms with Gasteiger partial charge in [-0.1, -0.05) is 6.07 Å². The van der Waals surface area contributed by atoms with Crippen molar-refractivity contribution in [1.82, 2.24) is 0 Å². The maximum Gasteiger partial charge on any atom is 0.133 e. The molecule has 0 amide bonds. The van der Waals surface area contributed by atoms with E-state index in [0.29, 0.717) is 34.9 Å². The summed E-state index contributed by atoms with van der Waals surface area (Å²) in [4.78, 5) is 0. The second kappa shape index (κ2) is 6.43. The summed E-state index contributed by atoms with van der Waals surface area (Å²) in [5.74, 6) is 0.967. The Balaban J connectivity index is 1.81. The van der Waals surface area contributed by atoms with Gasteiger partial charge in [-0.3, -0.25) is 0 Å². The van der Waals surface area contributed by atoms with Crippen molar-refractivity contribution in [2.45, 2.75) is 0 Å². The largest absolute Gasteiger partial charge is 0.490 e. The van der Waals surface area contributed by atoms with Crippen molar-refractivity contribution >= 4 is 21.6 Å². The molecule has 0 aromatic heterocycles. The van der Waals surface area contributed by atoms with Crippen molar-refractivity contribution in [3.05, 3.63) is 52.8 Å². The zero-order valence-corrected chi connectivity index (χ0v) is 11.7. The molecule has 0 aliphatic carbocycles. The molecule has 2 aromatic carbocycles. The van der Waals surface area contributed by atoms with Crippen LogP contribution < -0.4 is 15.2 Å². The van der Waals surface area contributed by atoms with Crippen LogP contribution in [0.2, 0.25) is 0 Å². The Morgan fingerprint density at radius 1 is 1.05 bits per heavy atom. The lowest BCUT2D eigenvalue weighted by molar-refractivity contribution is 0.216. The first kappa shape index (κ1) is 13.7. The fraction of sp³-hybridized carbons (Fsp3) is 0.143. The fourth-order valence-corrected chi connectivity index (χ4v) is 1.97. The van der Waals surface area contributed by atoms with Crippen LogP contribution in [0.4, 0.5) is 10.1 Å². The molecule has 0 saturated heterocycles. The molecule has 0 bridgehead atoms. The average Bonchev–Trinajstić information content (AvgIpc) is 2.37. The number of halogens is 2. The van der Waals surface area contributed by atoms with Gasteiger partial charge in [-0.2, -0.15) is 0 Å². The van der Waals surface area contributed by atoms with E-state index in [2.05, 4.69) is 15.9 Å². The highest BCUT2D eigenvalue weighted by Crippen LogP contribution is 2.25. The number of nitrogen functional groups attached to an aromatic ring is 1. The highest BCUT2D eigenvalue weighted by atomic mass is 79.9. The molecule has 3 nitrogen and oxygen atoms in total. The predicted molar refractivity (Wildman–Crippen MR) is 75.9 cm³/mol. The number of hydrogen-bond donors (Lipinski definition) is 1. The predicted octanol–water partition coefficient (Wildman–Crippen LogP) is 3.63. The van der Waals surface area contributed by atoms with E-state index in [1.807, 2.05) is 12.1 Å². The topological polar surface area (TPSA) is 44.5 Å². The Labute approximate surface area is 119 Å². The smallest absolute Gasteiger partial charge is 0.133 e. The summed E-state index contributed by atoms with van der Waals surface area (Å²) in [7, 11) is 0. The van der Waals surface area contributed by atoms with Crippen LogP contribution in [0.1, 0.15) is 0 Å². The summed E-state index contributed by atoms with van der Waals surface area (Å²) in [6.45, 7) is 0.742. The molecule has 0 saturated carbocycles. The van der Waals surface area contributed by atoms with Crippen LogP contribution in [0, 0.1) is 5.82 Å². The Kier molecular flexibility index (Phi) is 4.63. The molecule has 0 unspecified atom stereocenters. The normalized spacial score (nSPS) is 10.2. The molecular formula is C14H13BrFNO2. The summed E-state index contributed by atoms with van der Waals surface area (Å²) in [6.07, 6.45) is 0. The third-order valence-corrected chi connectivity index (χ3v) is 2.98. The van der Waals surface area contributed by atoms with Crippen LogP contribution in [-0.2, 0) is 0 Å². The van der Waals surface area contributed by atoms with E-state index in [1.54, 1.807) is 18.2 Å². The molecule has 19 heavy (non-hydrogen) atoms. The second-order valence-electron chi connectivity index (χ2n) is 3.84. The zero-order chi connectivity index (χ0) is 13.7. The lowest BCUT2D eigenvalue weighted by Gasteiger charge is -2.10. The molecular weight excluding hydrogens is 313 g/mol. The van der Waals surface area contributed by atoms with Crippen LogP contribution in [0.25, 0.3) is 0 Å². The summed E-state index contributed by atoms with van der Waals surface area (Å²) >= 11 is 3.23. The summed E-state index contributed by atoms with van der Waals surface area (Å²) in [5.41, 5.74) is 6.29. The van der Waals surface area contributed by atoms with Crippen molar-refractivity contribution in [3.8, 4) is 11.5 Å². The van der Waals surface area contributed by atoms with Gasteiger partial charge in [0.2, 0.25) is 0 Å². The molecule has 0 heterocycles. The van der Waals surface area contributed by atoms with Gasteiger partial charge >= 0.3 is 0 Å². The molecule has 2 N–H and O–H groups in total. The second-order valence-corrected chi connectivity index (χ2v) is 4.70. The van der Waals surface area contributed by atoms with Gasteiger partial charge in [-0.15, -0.1) is 0 Å². The van der Waals surface area contributed by atoms with Crippen molar-refractivity contribution in [3.63, 3.8) is 0 Å². The minimum atomic E-state index is -0.310. The van der Waals surface area contributed by atoms with E-state index in [0.717, 1.165) is 0 Å². The van der Waals surface area contributed by atoms with E-state index in [-0.39, 0.29) is 5.82 Å². The first-order valence-electron chi connectivity index (χ1n) is 5.71. The van der Waals surface area contributed by atoms with Crippen LogP contribution in [-0.4, -0.2) is 13.2 Å². The van der Waals surface area contributed by atoms with Crippen molar-refractivity contribution in [2.75, 3.05) is 18.9 Å². The third kappa shape index (κ3) is 4.13. The Morgan fingerprint density at radius 3 is 2.58 bits per heavy atom. The Bertz CT molecular complexity index is 563. The molecule has 5 heteroatoms. The van der Waals surface area contributed by atoms with E-state index in [4.69, 9.17) is 15.2 Å². The highest BCUT2D eigenvalue weighted by molar-refractivity contribution is 9.10. The van der Waals surface area contributed by atoms with Gasteiger partial charge in [-0.25, -0.2) is 4.39 Å². The van der Waals surface area contributed by atoms with Gasteiger partial charge in [-0.05, 0) is 46.3 Å². The number of ether oxygens (including phenoxy) is 2. The minimum Gasteiger partial charge on any atom is -0.490 e. The minimum absolute atomic E-state index is 0.310. The van der Waals surface area contributed by atoms with E-state index in [1.165, 1.54) is 12.1 Å². The molecule has 0 atom stereocenters. The number of hydrogen-bond acceptors (Lipinski definition) is 3. The molecule has 0 radical (unpaired) electrons. The van der Waals surface area contributed by atoms with Gasteiger partial charge in [0.1, 0.15) is 30.5 Å². The summed E-state index contributed by atoms with van der Waals surface area (Å²) < 4.78 is 24.4. The van der Waals surface area contributed by atoms with Gasteiger partial charge in [0, 0.05) is 11.8 Å². The van der Waals surface area contributed by atoms with Crippen molar-refractivity contribution in [2.24, 2.45) is 0 Å². The van der Waals surface area contributed by atoms with Crippen LogP contribution in [0.5, 0.6) is 11.5 Å². The van der Waals surface area contributed by atoms with Gasteiger partial charge in [0.05, 0.1) is 4.47 Å². The van der Waals surface area contributed by atoms with Crippen LogP contribution >= 0.6 is 15.9 Å². The van der Waals surface area contributed by atoms with Crippen LogP contribution in [0.3, 0.4) is 0 Å².